The number of aromatic nitrogens is 3. The number of nitrogens with zero attached hydrogens (tertiary/aromatic N) is 2. The maximum Gasteiger partial charge on any atom is 0.267 e. The van der Waals surface area contributed by atoms with Gasteiger partial charge in [-0.3, -0.25) is 4.79 Å². The highest BCUT2D eigenvalue weighted by molar-refractivity contribution is 7.91. The van der Waals surface area contributed by atoms with Crippen LogP contribution in [0.1, 0.15) is 11.3 Å². The molecule has 6 nitrogen and oxygen atoms in total. The zero-order valence-electron chi connectivity index (χ0n) is 15.7. The van der Waals surface area contributed by atoms with Crippen molar-refractivity contribution in [2.45, 2.75) is 22.6 Å². The lowest BCUT2D eigenvalue weighted by molar-refractivity contribution is 0.594. The van der Waals surface area contributed by atoms with Crippen molar-refractivity contribution in [3.05, 3.63) is 93.5 Å². The summed E-state index contributed by atoms with van der Waals surface area (Å²) in [5, 5.41) is 5.12. The monoisotopic (exact) mass is 437 g/mol. The lowest BCUT2D eigenvalue weighted by Crippen LogP contribution is -2.21. The molecule has 8 heteroatoms. The molecule has 0 spiro atoms. The molecule has 2 aromatic carbocycles. The number of benzene rings is 2. The summed E-state index contributed by atoms with van der Waals surface area (Å²) < 4.78 is 27.7. The van der Waals surface area contributed by atoms with Crippen molar-refractivity contribution in [3.8, 4) is 16.9 Å². The molecule has 2 heterocycles. The number of aryl methyl sites for hydroxylation is 1. The van der Waals surface area contributed by atoms with E-state index in [0.717, 1.165) is 22.5 Å². The molecule has 0 saturated heterocycles. The Morgan fingerprint density at radius 3 is 2.47 bits per heavy atom. The summed E-state index contributed by atoms with van der Waals surface area (Å²) in [5.41, 5.74) is 3.39. The Morgan fingerprint density at radius 2 is 1.73 bits per heavy atom. The predicted molar refractivity (Wildman–Crippen MR) is 114 cm³/mol. The van der Waals surface area contributed by atoms with E-state index in [0.29, 0.717) is 23.6 Å². The molecule has 5 rings (SSSR count). The Morgan fingerprint density at radius 1 is 1.00 bits per heavy atom. The fourth-order valence-corrected chi connectivity index (χ4v) is 5.28. The van der Waals surface area contributed by atoms with Crippen LogP contribution < -0.4 is 5.56 Å². The molecule has 1 aliphatic carbocycles. The fourth-order valence-electron chi connectivity index (χ4n) is 3.80. The van der Waals surface area contributed by atoms with E-state index in [1.54, 1.807) is 36.5 Å². The molecule has 0 aliphatic heterocycles. The van der Waals surface area contributed by atoms with Crippen LogP contribution in [0.3, 0.4) is 0 Å². The summed E-state index contributed by atoms with van der Waals surface area (Å²) in [6.07, 6.45) is 2.96. The molecule has 150 valence electrons. The average Bonchev–Trinajstić information content (AvgIpc) is 3.19. The Bertz CT molecular complexity index is 1420. The highest BCUT2D eigenvalue weighted by Crippen LogP contribution is 2.34. The fraction of sp³-hybridized carbons (Fsp3) is 0.0909. The minimum absolute atomic E-state index is 0.0995. The second-order valence-electron chi connectivity index (χ2n) is 7.07. The van der Waals surface area contributed by atoms with Gasteiger partial charge in [0.25, 0.3) is 5.56 Å². The molecular weight excluding hydrogens is 422 g/mol. The van der Waals surface area contributed by atoms with Gasteiger partial charge < -0.3 is 4.98 Å². The molecule has 0 saturated carbocycles. The van der Waals surface area contributed by atoms with E-state index in [2.05, 4.69) is 10.1 Å². The van der Waals surface area contributed by atoms with E-state index >= 15 is 0 Å². The number of hydrogen-bond donors (Lipinski definition) is 1. The van der Waals surface area contributed by atoms with Gasteiger partial charge in [-0.1, -0.05) is 29.8 Å². The third-order valence-corrected chi connectivity index (χ3v) is 7.30. The smallest absolute Gasteiger partial charge is 0.267 e. The van der Waals surface area contributed by atoms with E-state index in [1.807, 2.05) is 16.8 Å². The van der Waals surface area contributed by atoms with Crippen LogP contribution in [0.4, 0.5) is 0 Å². The summed E-state index contributed by atoms with van der Waals surface area (Å²) in [6.45, 7) is 0. The molecule has 1 aliphatic rings. The number of nitrogens with one attached hydrogen (secondary N) is 1. The summed E-state index contributed by atoms with van der Waals surface area (Å²) in [7, 11) is -3.90. The topological polar surface area (TPSA) is 84.8 Å². The molecule has 0 amide bonds. The summed E-state index contributed by atoms with van der Waals surface area (Å²) >= 11 is 5.98. The lowest BCUT2D eigenvalue weighted by Gasteiger charge is -2.18. The predicted octanol–water partition coefficient (Wildman–Crippen LogP) is 3.81. The molecule has 4 aromatic rings. The number of hydrogen-bond acceptors (Lipinski definition) is 4. The van der Waals surface area contributed by atoms with E-state index in [-0.39, 0.29) is 9.79 Å². The van der Waals surface area contributed by atoms with Crippen molar-refractivity contribution < 1.29 is 8.42 Å². The molecule has 2 aromatic heterocycles. The minimum Gasteiger partial charge on any atom is -0.320 e. The molecular formula is C22H16ClN3O3S. The van der Waals surface area contributed by atoms with E-state index in [1.165, 1.54) is 18.2 Å². The highest BCUT2D eigenvalue weighted by Gasteiger charge is 2.27. The first-order chi connectivity index (χ1) is 14.4. The maximum absolute atomic E-state index is 13.0. The van der Waals surface area contributed by atoms with Crippen molar-refractivity contribution in [1.82, 2.24) is 14.8 Å². The van der Waals surface area contributed by atoms with Gasteiger partial charge in [0.1, 0.15) is 4.90 Å². The molecule has 0 bridgehead atoms. The van der Waals surface area contributed by atoms with Crippen LogP contribution in [-0.2, 0) is 22.7 Å². The van der Waals surface area contributed by atoms with Gasteiger partial charge in [-0.05, 0) is 60.9 Å². The Labute approximate surface area is 177 Å². The Balaban J connectivity index is 1.62. The maximum atomic E-state index is 13.0. The van der Waals surface area contributed by atoms with Gasteiger partial charge in [0.05, 0.1) is 28.2 Å². The van der Waals surface area contributed by atoms with Gasteiger partial charge in [-0.15, -0.1) is 0 Å². The number of rotatable bonds is 3. The van der Waals surface area contributed by atoms with Crippen molar-refractivity contribution in [3.63, 3.8) is 0 Å². The standard InChI is InChI=1S/C22H16ClN3O3S/c23-15-7-9-16(10-8-15)26-19-11-6-14-12-20(22(27)25-21(14)18(19)13-24-26)30(28,29)17-4-2-1-3-5-17/h1-5,7-10,12-13H,6,11H2,(H,25,27). The minimum atomic E-state index is -3.90. The van der Waals surface area contributed by atoms with Crippen molar-refractivity contribution in [2.24, 2.45) is 0 Å². The number of sulfone groups is 1. The second kappa shape index (κ2) is 6.97. The Hall–Kier alpha value is -3.16. The SMILES string of the molecule is O=c1[nH]c2c(cc1S(=O)(=O)c1ccccc1)CCc1c-2cnn1-c1ccc(Cl)cc1. The number of halogens is 1. The third-order valence-electron chi connectivity index (χ3n) is 5.27. The van der Waals surface area contributed by atoms with E-state index in [4.69, 9.17) is 11.6 Å². The normalized spacial score (nSPS) is 13.0. The zero-order chi connectivity index (χ0) is 20.9. The van der Waals surface area contributed by atoms with Crippen LogP contribution in [0.2, 0.25) is 5.02 Å². The largest absolute Gasteiger partial charge is 0.320 e. The van der Waals surface area contributed by atoms with Gasteiger partial charge in [-0.2, -0.15) is 5.10 Å². The first kappa shape index (κ1) is 18.8. The van der Waals surface area contributed by atoms with Crippen LogP contribution in [0.15, 0.2) is 81.4 Å². The van der Waals surface area contributed by atoms with Crippen LogP contribution >= 0.6 is 11.6 Å². The summed E-state index contributed by atoms with van der Waals surface area (Å²) in [5.74, 6) is 0. The summed E-state index contributed by atoms with van der Waals surface area (Å²) in [6, 6.07) is 16.8. The molecule has 0 unspecified atom stereocenters. The quantitative estimate of drug-likeness (QED) is 0.528. The number of aromatic amines is 1. The zero-order valence-corrected chi connectivity index (χ0v) is 17.2. The number of fused-ring (bicyclic) bond motifs is 3. The highest BCUT2D eigenvalue weighted by atomic mass is 35.5. The molecule has 30 heavy (non-hydrogen) atoms. The molecule has 0 fully saturated rings. The Kier molecular flexibility index (Phi) is 4.38. The molecule has 0 radical (unpaired) electrons. The number of pyridine rings is 1. The van der Waals surface area contributed by atoms with Crippen LogP contribution in [0.5, 0.6) is 0 Å². The van der Waals surface area contributed by atoms with Gasteiger partial charge >= 0.3 is 0 Å². The van der Waals surface area contributed by atoms with E-state index in [9.17, 15) is 13.2 Å². The van der Waals surface area contributed by atoms with Gasteiger partial charge in [-0.25, -0.2) is 13.1 Å². The third kappa shape index (κ3) is 2.98. The van der Waals surface area contributed by atoms with Crippen molar-refractivity contribution >= 4 is 21.4 Å². The van der Waals surface area contributed by atoms with Crippen LogP contribution in [-0.4, -0.2) is 23.2 Å². The van der Waals surface area contributed by atoms with Crippen molar-refractivity contribution in [2.75, 3.05) is 0 Å². The van der Waals surface area contributed by atoms with Crippen LogP contribution in [0, 0.1) is 0 Å². The van der Waals surface area contributed by atoms with Gasteiger partial charge in [0, 0.05) is 10.6 Å². The molecule has 1 N–H and O–H groups in total. The molecule has 0 atom stereocenters. The second-order valence-corrected chi connectivity index (χ2v) is 9.43. The lowest BCUT2D eigenvalue weighted by atomic mass is 9.94. The summed E-state index contributed by atoms with van der Waals surface area (Å²) in [4.78, 5) is 15.4. The number of H-pyrrole nitrogens is 1. The van der Waals surface area contributed by atoms with Crippen molar-refractivity contribution in [1.29, 1.82) is 0 Å². The first-order valence-electron chi connectivity index (χ1n) is 9.35. The van der Waals surface area contributed by atoms with E-state index < -0.39 is 15.4 Å². The first-order valence-corrected chi connectivity index (χ1v) is 11.2. The van der Waals surface area contributed by atoms with Gasteiger partial charge in [0.2, 0.25) is 9.84 Å². The van der Waals surface area contributed by atoms with Crippen LogP contribution in [0.25, 0.3) is 16.9 Å². The average molecular weight is 438 g/mol. The van der Waals surface area contributed by atoms with Gasteiger partial charge in [0.15, 0.2) is 0 Å².